The van der Waals surface area contributed by atoms with Gasteiger partial charge in [-0.05, 0) is 30.7 Å². The van der Waals surface area contributed by atoms with Crippen LogP contribution in [0.2, 0.25) is 5.02 Å². The summed E-state index contributed by atoms with van der Waals surface area (Å²) in [5.41, 5.74) is 0.170. The van der Waals surface area contributed by atoms with Crippen molar-refractivity contribution in [2.75, 3.05) is 5.32 Å². The Bertz CT molecular complexity index is 858. The molecule has 3 N–H and O–H groups in total. The monoisotopic (exact) mass is 377 g/mol. The molecule has 26 heavy (non-hydrogen) atoms. The first-order valence-corrected chi connectivity index (χ1v) is 8.52. The zero-order valence-electron chi connectivity index (χ0n) is 13.9. The van der Waals surface area contributed by atoms with Crippen LogP contribution in [0.1, 0.15) is 41.6 Å². The van der Waals surface area contributed by atoms with Crippen molar-refractivity contribution in [2.45, 2.75) is 31.7 Å². The Morgan fingerprint density at radius 3 is 2.77 bits per heavy atom. The number of carbonyl (C=O) groups excluding carboxylic acids is 2. The van der Waals surface area contributed by atoms with Gasteiger partial charge < -0.3 is 10.4 Å². The minimum Gasteiger partial charge on any atom is -0.507 e. The van der Waals surface area contributed by atoms with Crippen molar-refractivity contribution in [1.29, 1.82) is 0 Å². The third-order valence-electron chi connectivity index (χ3n) is 4.23. The standard InChI is InChI=1S/C18H17ClFN3O3/c1-2-14(24)10-4-5-12(20)16(17(10)25)11-7-13(11)22-18(26)23-15-6-3-9(19)8-21-15/h3-6,8,11,13,25H,2,7H2,1H3,(H2,21,22,23,26)/t11-,13+/m0/s1. The van der Waals surface area contributed by atoms with Gasteiger partial charge in [0.1, 0.15) is 17.4 Å². The van der Waals surface area contributed by atoms with Crippen molar-refractivity contribution in [3.63, 3.8) is 0 Å². The molecule has 1 fully saturated rings. The summed E-state index contributed by atoms with van der Waals surface area (Å²) < 4.78 is 14.2. The molecule has 0 unspecified atom stereocenters. The maximum absolute atomic E-state index is 14.2. The molecule has 136 valence electrons. The number of hydrogen-bond donors (Lipinski definition) is 3. The van der Waals surface area contributed by atoms with Gasteiger partial charge in [0.05, 0.1) is 10.6 Å². The van der Waals surface area contributed by atoms with E-state index in [-0.39, 0.29) is 41.0 Å². The normalized spacial score (nSPS) is 18.3. The minimum atomic E-state index is -0.593. The Morgan fingerprint density at radius 2 is 2.12 bits per heavy atom. The van der Waals surface area contributed by atoms with Gasteiger partial charge in [0, 0.05) is 30.1 Å². The molecule has 6 nitrogen and oxygen atoms in total. The van der Waals surface area contributed by atoms with Gasteiger partial charge in [-0.2, -0.15) is 0 Å². The van der Waals surface area contributed by atoms with E-state index in [2.05, 4.69) is 15.6 Å². The summed E-state index contributed by atoms with van der Waals surface area (Å²) in [5, 5.41) is 16.0. The van der Waals surface area contributed by atoms with E-state index < -0.39 is 11.8 Å². The number of pyridine rings is 1. The van der Waals surface area contributed by atoms with Gasteiger partial charge in [-0.1, -0.05) is 18.5 Å². The zero-order chi connectivity index (χ0) is 18.8. The average molecular weight is 378 g/mol. The largest absolute Gasteiger partial charge is 0.507 e. The molecule has 3 rings (SSSR count). The molecule has 1 aromatic carbocycles. The van der Waals surface area contributed by atoms with Gasteiger partial charge in [0.2, 0.25) is 0 Å². The maximum atomic E-state index is 14.2. The Labute approximate surface area is 154 Å². The number of aromatic nitrogens is 1. The SMILES string of the molecule is CCC(=O)c1ccc(F)c([C@H]2C[C@H]2NC(=O)Nc2ccc(Cl)cn2)c1O. The number of phenolic OH excluding ortho intramolecular Hbond substituents is 1. The molecule has 1 aromatic heterocycles. The summed E-state index contributed by atoms with van der Waals surface area (Å²) in [6.45, 7) is 1.67. The number of carbonyl (C=O) groups is 2. The van der Waals surface area contributed by atoms with E-state index in [0.29, 0.717) is 17.3 Å². The second-order valence-electron chi connectivity index (χ2n) is 6.04. The Balaban J connectivity index is 1.67. The molecular formula is C18H17ClFN3O3. The second-order valence-corrected chi connectivity index (χ2v) is 6.48. The number of amides is 2. The lowest BCUT2D eigenvalue weighted by Gasteiger charge is -2.11. The predicted octanol–water partition coefficient (Wildman–Crippen LogP) is 3.85. The van der Waals surface area contributed by atoms with Crippen LogP contribution in [0, 0.1) is 5.82 Å². The van der Waals surface area contributed by atoms with Gasteiger partial charge in [0.15, 0.2) is 5.78 Å². The first kappa shape index (κ1) is 18.1. The number of aromatic hydroxyl groups is 1. The molecule has 8 heteroatoms. The van der Waals surface area contributed by atoms with E-state index in [1.54, 1.807) is 19.1 Å². The first-order chi connectivity index (χ1) is 12.4. The molecule has 2 amide bonds. The van der Waals surface area contributed by atoms with Crippen molar-refractivity contribution >= 4 is 29.2 Å². The molecule has 0 aliphatic heterocycles. The highest BCUT2D eigenvalue weighted by Crippen LogP contribution is 2.46. The number of ketones is 1. The van der Waals surface area contributed by atoms with Gasteiger partial charge >= 0.3 is 6.03 Å². The average Bonchev–Trinajstić information content (AvgIpc) is 3.35. The van der Waals surface area contributed by atoms with Crippen LogP contribution in [0.4, 0.5) is 15.0 Å². The highest BCUT2D eigenvalue weighted by Gasteiger charge is 2.43. The predicted molar refractivity (Wildman–Crippen MR) is 95.2 cm³/mol. The molecule has 1 saturated carbocycles. The number of urea groups is 1. The lowest BCUT2D eigenvalue weighted by Crippen LogP contribution is -2.31. The van der Waals surface area contributed by atoms with Gasteiger partial charge in [-0.25, -0.2) is 14.2 Å². The Morgan fingerprint density at radius 1 is 1.35 bits per heavy atom. The molecule has 0 saturated heterocycles. The number of hydrogen-bond acceptors (Lipinski definition) is 4. The van der Waals surface area contributed by atoms with Crippen LogP contribution in [0.5, 0.6) is 5.75 Å². The quantitative estimate of drug-likeness (QED) is 0.690. The highest BCUT2D eigenvalue weighted by atomic mass is 35.5. The van der Waals surface area contributed by atoms with Gasteiger partial charge in [-0.3, -0.25) is 10.1 Å². The van der Waals surface area contributed by atoms with Crippen LogP contribution >= 0.6 is 11.6 Å². The third-order valence-corrected chi connectivity index (χ3v) is 4.46. The number of phenols is 1. The van der Waals surface area contributed by atoms with E-state index in [0.717, 1.165) is 0 Å². The van der Waals surface area contributed by atoms with Crippen molar-refractivity contribution in [1.82, 2.24) is 10.3 Å². The van der Waals surface area contributed by atoms with Crippen LogP contribution in [0.15, 0.2) is 30.5 Å². The number of nitrogens with zero attached hydrogens (tertiary/aromatic N) is 1. The van der Waals surface area contributed by atoms with Crippen LogP contribution in [-0.2, 0) is 0 Å². The molecule has 0 spiro atoms. The smallest absolute Gasteiger partial charge is 0.320 e. The lowest BCUT2D eigenvalue weighted by atomic mass is 10.00. The summed E-state index contributed by atoms with van der Waals surface area (Å²) in [5.74, 6) is -1.26. The third kappa shape index (κ3) is 3.77. The molecule has 1 heterocycles. The van der Waals surface area contributed by atoms with E-state index >= 15 is 0 Å². The minimum absolute atomic E-state index is 0.0687. The van der Waals surface area contributed by atoms with Crippen molar-refractivity contribution in [3.8, 4) is 5.75 Å². The Hall–Kier alpha value is -2.67. The second kappa shape index (κ2) is 7.29. The molecular weight excluding hydrogens is 361 g/mol. The van der Waals surface area contributed by atoms with Gasteiger partial charge in [0.25, 0.3) is 0 Å². The fraction of sp³-hybridized carbons (Fsp3) is 0.278. The molecule has 0 radical (unpaired) electrons. The van der Waals surface area contributed by atoms with Crippen LogP contribution < -0.4 is 10.6 Å². The summed E-state index contributed by atoms with van der Waals surface area (Å²) >= 11 is 5.73. The molecule has 2 atom stereocenters. The Kier molecular flexibility index (Phi) is 5.08. The molecule has 1 aliphatic carbocycles. The van der Waals surface area contributed by atoms with E-state index in [9.17, 15) is 19.1 Å². The van der Waals surface area contributed by atoms with Crippen molar-refractivity contribution < 1.29 is 19.1 Å². The summed E-state index contributed by atoms with van der Waals surface area (Å²) in [4.78, 5) is 27.8. The number of anilines is 1. The molecule has 1 aliphatic rings. The van der Waals surface area contributed by atoms with Gasteiger partial charge in [-0.15, -0.1) is 0 Å². The number of benzene rings is 1. The zero-order valence-corrected chi connectivity index (χ0v) is 14.7. The fourth-order valence-electron chi connectivity index (χ4n) is 2.80. The van der Waals surface area contributed by atoms with Crippen LogP contribution in [0.25, 0.3) is 0 Å². The van der Waals surface area contributed by atoms with Crippen LogP contribution in [0.3, 0.4) is 0 Å². The number of rotatable bonds is 5. The maximum Gasteiger partial charge on any atom is 0.320 e. The van der Waals surface area contributed by atoms with Crippen LogP contribution in [-0.4, -0.2) is 27.9 Å². The highest BCUT2D eigenvalue weighted by molar-refractivity contribution is 6.30. The van der Waals surface area contributed by atoms with E-state index in [4.69, 9.17) is 11.6 Å². The number of nitrogens with one attached hydrogen (secondary N) is 2. The lowest BCUT2D eigenvalue weighted by molar-refractivity contribution is 0.0985. The van der Waals surface area contributed by atoms with E-state index in [1.165, 1.54) is 18.3 Å². The topological polar surface area (TPSA) is 91.3 Å². The summed E-state index contributed by atoms with van der Waals surface area (Å²) in [6, 6.07) is 4.77. The molecule has 0 bridgehead atoms. The number of halogens is 2. The number of Topliss-reactive ketones (excluding diaryl/α,β-unsaturated/α-hetero) is 1. The summed E-state index contributed by atoms with van der Waals surface area (Å²) in [6.07, 6.45) is 2.08. The van der Waals surface area contributed by atoms with E-state index in [1.807, 2.05) is 0 Å². The first-order valence-electron chi connectivity index (χ1n) is 8.14. The van der Waals surface area contributed by atoms with Crippen molar-refractivity contribution in [3.05, 3.63) is 52.4 Å². The summed E-state index contributed by atoms with van der Waals surface area (Å²) in [7, 11) is 0. The molecule has 2 aromatic rings. The fourth-order valence-corrected chi connectivity index (χ4v) is 2.91. The van der Waals surface area contributed by atoms with Crippen molar-refractivity contribution in [2.24, 2.45) is 0 Å².